The van der Waals surface area contributed by atoms with Crippen LogP contribution in [0.1, 0.15) is 31.9 Å². The largest absolute Gasteiger partial charge is 0.362 e. The number of nitrogens with zero attached hydrogens (tertiary/aromatic N) is 2. The van der Waals surface area contributed by atoms with E-state index in [1.807, 2.05) is 30.3 Å². The fraction of sp³-hybridized carbons (Fsp3) is 0.278. The van der Waals surface area contributed by atoms with Crippen molar-refractivity contribution in [2.45, 2.75) is 32.9 Å². The highest BCUT2D eigenvalue weighted by atomic mass is 15.2. The predicted molar refractivity (Wildman–Crippen MR) is 83.5 cm³/mol. The summed E-state index contributed by atoms with van der Waals surface area (Å²) >= 11 is 0. The fourth-order valence-electron chi connectivity index (χ4n) is 2.20. The van der Waals surface area contributed by atoms with Crippen molar-refractivity contribution in [1.82, 2.24) is 0 Å². The summed E-state index contributed by atoms with van der Waals surface area (Å²) in [6, 6.07) is 20.4. The van der Waals surface area contributed by atoms with Crippen LogP contribution in [0.2, 0.25) is 0 Å². The molecule has 0 radical (unpaired) electrons. The Hall–Kier alpha value is -2.27. The minimum atomic E-state index is 0.0179. The Bertz CT molecular complexity index is 586. The van der Waals surface area contributed by atoms with Crippen LogP contribution in [0.5, 0.6) is 0 Å². The summed E-state index contributed by atoms with van der Waals surface area (Å²) in [6.07, 6.45) is 0. The molecule has 0 N–H and O–H groups in total. The summed E-state index contributed by atoms with van der Waals surface area (Å²) in [4.78, 5) is 2.35. The maximum Gasteiger partial charge on any atom is 0.0991 e. The summed E-state index contributed by atoms with van der Waals surface area (Å²) in [6.45, 7) is 7.46. The third kappa shape index (κ3) is 3.39. The van der Waals surface area contributed by atoms with Crippen LogP contribution in [0.4, 0.5) is 5.69 Å². The lowest BCUT2D eigenvalue weighted by Crippen LogP contribution is -2.40. The molecule has 0 spiro atoms. The summed E-state index contributed by atoms with van der Waals surface area (Å²) in [7, 11) is 0. The number of hydrogen-bond donors (Lipinski definition) is 0. The van der Waals surface area contributed by atoms with E-state index in [4.69, 9.17) is 5.26 Å². The molecule has 2 nitrogen and oxygen atoms in total. The Balaban J connectivity index is 2.30. The lowest BCUT2D eigenvalue weighted by atomic mass is 10.0. The molecule has 2 aromatic rings. The Kier molecular flexibility index (Phi) is 4.10. The topological polar surface area (TPSA) is 27.0 Å². The van der Waals surface area contributed by atoms with Crippen LogP contribution in [0, 0.1) is 11.3 Å². The lowest BCUT2D eigenvalue weighted by molar-refractivity contribution is 0.501. The molecule has 0 aromatic heterocycles. The first-order valence-corrected chi connectivity index (χ1v) is 6.82. The van der Waals surface area contributed by atoms with Crippen molar-refractivity contribution >= 4 is 5.69 Å². The van der Waals surface area contributed by atoms with Gasteiger partial charge in [0.15, 0.2) is 0 Å². The third-order valence-corrected chi connectivity index (χ3v) is 3.30. The van der Waals surface area contributed by atoms with Crippen LogP contribution in [0.25, 0.3) is 0 Å². The smallest absolute Gasteiger partial charge is 0.0991 e. The Morgan fingerprint density at radius 2 is 1.55 bits per heavy atom. The molecule has 0 bridgehead atoms. The molecule has 0 aliphatic carbocycles. The van der Waals surface area contributed by atoms with E-state index in [-0.39, 0.29) is 5.54 Å². The molecule has 0 amide bonds. The van der Waals surface area contributed by atoms with Crippen molar-refractivity contribution < 1.29 is 0 Å². The van der Waals surface area contributed by atoms with E-state index in [1.165, 1.54) is 5.56 Å². The molecular formula is C18H20N2. The van der Waals surface area contributed by atoms with Gasteiger partial charge in [0.25, 0.3) is 0 Å². The summed E-state index contributed by atoms with van der Waals surface area (Å²) in [5.74, 6) is 0. The second-order valence-corrected chi connectivity index (χ2v) is 5.90. The van der Waals surface area contributed by atoms with Gasteiger partial charge in [-0.05, 0) is 50.6 Å². The van der Waals surface area contributed by atoms with Gasteiger partial charge in [-0.25, -0.2) is 0 Å². The van der Waals surface area contributed by atoms with E-state index in [1.54, 1.807) is 0 Å². The van der Waals surface area contributed by atoms with E-state index < -0.39 is 0 Å². The number of nitriles is 1. The molecule has 102 valence electrons. The van der Waals surface area contributed by atoms with Gasteiger partial charge < -0.3 is 4.90 Å². The molecule has 2 aromatic carbocycles. The number of benzene rings is 2. The summed E-state index contributed by atoms with van der Waals surface area (Å²) in [5.41, 5.74) is 3.14. The second-order valence-electron chi connectivity index (χ2n) is 5.90. The molecule has 0 aliphatic rings. The first-order valence-electron chi connectivity index (χ1n) is 6.82. The van der Waals surface area contributed by atoms with Crippen LogP contribution < -0.4 is 4.90 Å². The highest BCUT2D eigenvalue weighted by Crippen LogP contribution is 2.26. The monoisotopic (exact) mass is 264 g/mol. The molecule has 2 rings (SSSR count). The van der Waals surface area contributed by atoms with Crippen molar-refractivity contribution in [2.24, 2.45) is 0 Å². The van der Waals surface area contributed by atoms with Crippen LogP contribution in [0.3, 0.4) is 0 Å². The molecule has 2 heteroatoms. The van der Waals surface area contributed by atoms with Gasteiger partial charge in [-0.1, -0.05) is 30.3 Å². The normalized spacial score (nSPS) is 10.9. The standard InChI is InChI=1S/C18H20N2/c1-18(2,3)20(14-16-7-5-4-6-8-16)17-11-9-15(13-19)10-12-17/h4-12H,14H2,1-3H3. The second kappa shape index (κ2) is 5.79. The Morgan fingerprint density at radius 1 is 0.950 bits per heavy atom. The van der Waals surface area contributed by atoms with Gasteiger partial charge in [0.2, 0.25) is 0 Å². The molecule has 0 heterocycles. The zero-order chi connectivity index (χ0) is 14.6. The average Bonchev–Trinajstić information content (AvgIpc) is 2.45. The van der Waals surface area contributed by atoms with Crippen molar-refractivity contribution in [2.75, 3.05) is 4.90 Å². The lowest BCUT2D eigenvalue weighted by Gasteiger charge is -2.38. The van der Waals surface area contributed by atoms with E-state index in [9.17, 15) is 0 Å². The molecule has 0 saturated heterocycles. The molecule has 0 fully saturated rings. The third-order valence-electron chi connectivity index (χ3n) is 3.30. The van der Waals surface area contributed by atoms with E-state index in [0.717, 1.165) is 12.2 Å². The zero-order valence-electron chi connectivity index (χ0n) is 12.3. The molecule has 20 heavy (non-hydrogen) atoms. The molecule has 0 atom stereocenters. The van der Waals surface area contributed by atoms with Gasteiger partial charge in [-0.15, -0.1) is 0 Å². The van der Waals surface area contributed by atoms with Crippen LogP contribution in [-0.4, -0.2) is 5.54 Å². The fourth-order valence-corrected chi connectivity index (χ4v) is 2.20. The van der Waals surface area contributed by atoms with Gasteiger partial charge in [0.1, 0.15) is 0 Å². The van der Waals surface area contributed by atoms with E-state index in [2.05, 4.69) is 56.0 Å². The molecular weight excluding hydrogens is 244 g/mol. The maximum atomic E-state index is 8.90. The van der Waals surface area contributed by atoms with Gasteiger partial charge in [-0.2, -0.15) is 5.26 Å². The van der Waals surface area contributed by atoms with Crippen LogP contribution >= 0.6 is 0 Å². The van der Waals surface area contributed by atoms with Gasteiger partial charge in [-0.3, -0.25) is 0 Å². The highest BCUT2D eigenvalue weighted by molar-refractivity contribution is 5.52. The Labute approximate surface area is 121 Å². The number of anilines is 1. The summed E-state index contributed by atoms with van der Waals surface area (Å²) in [5, 5.41) is 8.90. The van der Waals surface area contributed by atoms with E-state index in [0.29, 0.717) is 5.56 Å². The minimum absolute atomic E-state index is 0.0179. The van der Waals surface area contributed by atoms with Crippen molar-refractivity contribution in [3.8, 4) is 6.07 Å². The van der Waals surface area contributed by atoms with Gasteiger partial charge in [0.05, 0.1) is 11.6 Å². The van der Waals surface area contributed by atoms with Crippen molar-refractivity contribution in [3.63, 3.8) is 0 Å². The molecule has 0 aliphatic heterocycles. The minimum Gasteiger partial charge on any atom is -0.362 e. The first kappa shape index (κ1) is 14.1. The van der Waals surface area contributed by atoms with Crippen molar-refractivity contribution in [3.05, 3.63) is 65.7 Å². The molecule has 0 saturated carbocycles. The average molecular weight is 264 g/mol. The highest BCUT2D eigenvalue weighted by Gasteiger charge is 2.21. The Morgan fingerprint density at radius 3 is 2.05 bits per heavy atom. The SMILES string of the molecule is CC(C)(C)N(Cc1ccccc1)c1ccc(C#N)cc1. The maximum absolute atomic E-state index is 8.90. The van der Waals surface area contributed by atoms with Crippen LogP contribution in [-0.2, 0) is 6.54 Å². The number of hydrogen-bond acceptors (Lipinski definition) is 2. The first-order chi connectivity index (χ1) is 9.50. The quantitative estimate of drug-likeness (QED) is 0.823. The van der Waals surface area contributed by atoms with Crippen LogP contribution in [0.15, 0.2) is 54.6 Å². The van der Waals surface area contributed by atoms with Crippen molar-refractivity contribution in [1.29, 1.82) is 5.26 Å². The number of rotatable bonds is 3. The molecule has 0 unspecified atom stereocenters. The van der Waals surface area contributed by atoms with Gasteiger partial charge >= 0.3 is 0 Å². The summed E-state index contributed by atoms with van der Waals surface area (Å²) < 4.78 is 0. The van der Waals surface area contributed by atoms with Gasteiger partial charge in [0, 0.05) is 17.8 Å². The zero-order valence-corrected chi connectivity index (χ0v) is 12.3. The van der Waals surface area contributed by atoms with E-state index >= 15 is 0 Å². The predicted octanol–water partition coefficient (Wildman–Crippen LogP) is 4.36.